The number of nitrogens with zero attached hydrogens (tertiary/aromatic N) is 5. The lowest BCUT2D eigenvalue weighted by Crippen LogP contribution is -2.42. The highest BCUT2D eigenvalue weighted by atomic mass is 16.5. The first-order valence-corrected chi connectivity index (χ1v) is 14.8. The zero-order chi connectivity index (χ0) is 29.0. The maximum absolute atomic E-state index is 13.9. The smallest absolute Gasteiger partial charge is 0.313 e. The van der Waals surface area contributed by atoms with E-state index < -0.39 is 5.41 Å². The Morgan fingerprint density at radius 1 is 1.07 bits per heavy atom. The predicted octanol–water partition coefficient (Wildman–Crippen LogP) is 5.74. The van der Waals surface area contributed by atoms with Crippen molar-refractivity contribution in [2.24, 2.45) is 5.41 Å². The number of tetrazole rings is 1. The van der Waals surface area contributed by atoms with Crippen molar-refractivity contribution in [1.82, 2.24) is 30.0 Å². The standard InChI is InChI=1S/C32H40N6O3/c1-5-7-8-14-27-26(30(39)37-20-11-15-28(38(27)37)32(3,4)31(40)41-6-2)21-22-16-18-23(19-17-22)24-12-9-10-13-25(24)29-33-35-36-34-29/h9-10,12-13,16-19,28H,5-8,11,14-15,20-21H2,1-4H3,(H,33,34,35,36). The van der Waals surface area contributed by atoms with Gasteiger partial charge in [-0.05, 0) is 73.6 Å². The van der Waals surface area contributed by atoms with Gasteiger partial charge in [-0.3, -0.25) is 14.3 Å². The van der Waals surface area contributed by atoms with Gasteiger partial charge in [-0.25, -0.2) is 9.78 Å². The van der Waals surface area contributed by atoms with Gasteiger partial charge in [0.1, 0.15) is 0 Å². The first-order valence-electron chi connectivity index (χ1n) is 14.8. The predicted molar refractivity (Wildman–Crippen MR) is 158 cm³/mol. The van der Waals surface area contributed by atoms with E-state index in [4.69, 9.17) is 4.74 Å². The van der Waals surface area contributed by atoms with Crippen LogP contribution in [0.15, 0.2) is 53.3 Å². The molecule has 216 valence electrons. The highest BCUT2D eigenvalue weighted by Crippen LogP contribution is 2.40. The lowest BCUT2D eigenvalue weighted by atomic mass is 9.81. The molecule has 0 saturated carbocycles. The van der Waals surface area contributed by atoms with E-state index in [1.165, 1.54) is 0 Å². The minimum Gasteiger partial charge on any atom is -0.466 e. The Morgan fingerprint density at radius 2 is 1.83 bits per heavy atom. The molecule has 4 aromatic rings. The van der Waals surface area contributed by atoms with Crippen LogP contribution in [0, 0.1) is 5.41 Å². The Bertz CT molecular complexity index is 1530. The zero-order valence-electron chi connectivity index (χ0n) is 24.5. The molecule has 3 heterocycles. The number of rotatable bonds is 11. The van der Waals surface area contributed by atoms with E-state index in [9.17, 15) is 9.59 Å². The zero-order valence-corrected chi connectivity index (χ0v) is 24.5. The quantitative estimate of drug-likeness (QED) is 0.186. The van der Waals surface area contributed by atoms with Gasteiger partial charge in [0.05, 0.1) is 18.1 Å². The molecule has 1 aliphatic heterocycles. The van der Waals surface area contributed by atoms with Gasteiger partial charge in [-0.2, -0.15) is 0 Å². The Hall–Kier alpha value is -4.01. The number of ether oxygens (including phenoxy) is 1. The van der Waals surface area contributed by atoms with Gasteiger partial charge < -0.3 is 4.74 Å². The Kier molecular flexibility index (Phi) is 8.52. The van der Waals surface area contributed by atoms with Gasteiger partial charge in [-0.15, -0.1) is 5.10 Å². The third kappa shape index (κ3) is 5.62. The lowest BCUT2D eigenvalue weighted by molar-refractivity contribution is -0.157. The summed E-state index contributed by atoms with van der Waals surface area (Å²) in [6, 6.07) is 16.3. The molecule has 2 aromatic heterocycles. The van der Waals surface area contributed by atoms with E-state index in [2.05, 4.69) is 62.6 Å². The summed E-state index contributed by atoms with van der Waals surface area (Å²) in [6.45, 7) is 8.95. The molecule has 9 heteroatoms. The molecule has 0 amide bonds. The maximum atomic E-state index is 13.9. The molecule has 1 unspecified atom stereocenters. The summed E-state index contributed by atoms with van der Waals surface area (Å²) in [6.07, 6.45) is 6.27. The summed E-state index contributed by atoms with van der Waals surface area (Å²) in [7, 11) is 0. The molecular weight excluding hydrogens is 516 g/mol. The fraction of sp³-hybridized carbons (Fsp3) is 0.469. The molecule has 0 radical (unpaired) electrons. The van der Waals surface area contributed by atoms with E-state index in [-0.39, 0.29) is 17.6 Å². The molecule has 0 aliphatic carbocycles. The van der Waals surface area contributed by atoms with Crippen molar-refractivity contribution >= 4 is 5.97 Å². The number of fused-ring (bicyclic) bond motifs is 1. The van der Waals surface area contributed by atoms with Crippen LogP contribution < -0.4 is 5.56 Å². The molecule has 0 saturated heterocycles. The van der Waals surface area contributed by atoms with Crippen LogP contribution >= 0.6 is 0 Å². The number of carbonyl (C=O) groups excluding carboxylic acids is 1. The fourth-order valence-electron chi connectivity index (χ4n) is 6.11. The lowest BCUT2D eigenvalue weighted by Gasteiger charge is -2.38. The molecule has 0 spiro atoms. The fourth-order valence-corrected chi connectivity index (χ4v) is 6.11. The number of H-pyrrole nitrogens is 1. The molecular formula is C32H40N6O3. The molecule has 1 atom stereocenters. The van der Waals surface area contributed by atoms with Crippen LogP contribution in [-0.4, -0.2) is 42.6 Å². The van der Waals surface area contributed by atoms with Gasteiger partial charge in [0.2, 0.25) is 0 Å². The van der Waals surface area contributed by atoms with Crippen LogP contribution in [0.2, 0.25) is 0 Å². The summed E-state index contributed by atoms with van der Waals surface area (Å²) < 4.78 is 9.53. The number of unbranched alkanes of at least 4 members (excludes halogenated alkanes) is 2. The van der Waals surface area contributed by atoms with Crippen LogP contribution in [0.3, 0.4) is 0 Å². The largest absolute Gasteiger partial charge is 0.466 e. The summed E-state index contributed by atoms with van der Waals surface area (Å²) in [5, 5.41) is 14.4. The van der Waals surface area contributed by atoms with E-state index in [0.717, 1.165) is 72.0 Å². The van der Waals surface area contributed by atoms with Crippen molar-refractivity contribution in [1.29, 1.82) is 0 Å². The number of esters is 1. The van der Waals surface area contributed by atoms with Gasteiger partial charge in [-0.1, -0.05) is 68.3 Å². The summed E-state index contributed by atoms with van der Waals surface area (Å²) in [5.74, 6) is 0.409. The van der Waals surface area contributed by atoms with Crippen LogP contribution in [0.5, 0.6) is 0 Å². The van der Waals surface area contributed by atoms with E-state index in [1.54, 1.807) is 0 Å². The molecule has 0 fully saturated rings. The number of aromatic nitrogens is 6. The number of benzene rings is 2. The van der Waals surface area contributed by atoms with E-state index in [0.29, 0.717) is 25.4 Å². The second kappa shape index (κ2) is 12.2. The van der Waals surface area contributed by atoms with Gasteiger partial charge >= 0.3 is 5.97 Å². The molecule has 9 nitrogen and oxygen atoms in total. The van der Waals surface area contributed by atoms with E-state index in [1.807, 2.05) is 43.7 Å². The SMILES string of the molecule is CCCCCc1c(Cc2ccc(-c3ccccc3-c3nnn[nH]3)cc2)c(=O)n2n1C(C(C)(C)C(=O)OCC)CCC2. The average molecular weight is 557 g/mol. The van der Waals surface area contributed by atoms with Crippen molar-refractivity contribution in [3.8, 4) is 22.5 Å². The van der Waals surface area contributed by atoms with Crippen LogP contribution in [0.4, 0.5) is 0 Å². The average Bonchev–Trinajstić information content (AvgIpc) is 3.61. The Morgan fingerprint density at radius 3 is 2.51 bits per heavy atom. The number of hydrogen-bond donors (Lipinski definition) is 1. The molecule has 5 rings (SSSR count). The van der Waals surface area contributed by atoms with Crippen LogP contribution in [0.1, 0.15) is 82.7 Å². The third-order valence-corrected chi connectivity index (χ3v) is 8.35. The van der Waals surface area contributed by atoms with Crippen molar-refractivity contribution in [2.75, 3.05) is 6.61 Å². The van der Waals surface area contributed by atoms with Crippen molar-refractivity contribution in [3.63, 3.8) is 0 Å². The third-order valence-electron chi connectivity index (χ3n) is 8.35. The van der Waals surface area contributed by atoms with Gasteiger partial charge in [0.25, 0.3) is 5.56 Å². The minimum atomic E-state index is -0.742. The summed E-state index contributed by atoms with van der Waals surface area (Å²) in [4.78, 5) is 26.9. The first kappa shape index (κ1) is 28.5. The second-order valence-corrected chi connectivity index (χ2v) is 11.4. The van der Waals surface area contributed by atoms with Crippen molar-refractivity contribution in [3.05, 3.63) is 75.7 Å². The monoisotopic (exact) mass is 556 g/mol. The number of carbonyl (C=O) groups is 1. The summed E-state index contributed by atoms with van der Waals surface area (Å²) >= 11 is 0. The topological polar surface area (TPSA) is 108 Å². The van der Waals surface area contributed by atoms with Crippen LogP contribution in [-0.2, 0) is 28.9 Å². The van der Waals surface area contributed by atoms with Crippen LogP contribution in [0.25, 0.3) is 22.5 Å². The highest BCUT2D eigenvalue weighted by molar-refractivity contribution is 5.80. The van der Waals surface area contributed by atoms with Crippen molar-refractivity contribution in [2.45, 2.75) is 85.2 Å². The number of nitrogens with one attached hydrogen (secondary N) is 1. The molecule has 1 aliphatic rings. The Balaban J connectivity index is 1.50. The van der Waals surface area contributed by atoms with Gasteiger partial charge in [0, 0.05) is 29.8 Å². The first-order chi connectivity index (χ1) is 19.9. The molecule has 2 aromatic carbocycles. The molecule has 41 heavy (non-hydrogen) atoms. The molecule has 1 N–H and O–H groups in total. The maximum Gasteiger partial charge on any atom is 0.313 e. The normalized spacial score (nSPS) is 15.1. The van der Waals surface area contributed by atoms with Gasteiger partial charge in [0.15, 0.2) is 5.82 Å². The van der Waals surface area contributed by atoms with Crippen molar-refractivity contribution < 1.29 is 9.53 Å². The van der Waals surface area contributed by atoms with E-state index >= 15 is 0 Å². The minimum absolute atomic E-state index is 0.0631. The molecule has 0 bridgehead atoms. The number of aromatic amines is 1. The highest BCUT2D eigenvalue weighted by Gasteiger charge is 2.43. The number of hydrogen-bond acceptors (Lipinski definition) is 6. The Labute approximate surface area is 240 Å². The second-order valence-electron chi connectivity index (χ2n) is 11.4. The summed E-state index contributed by atoms with van der Waals surface area (Å²) in [5.41, 5.74) is 5.31.